The lowest BCUT2D eigenvalue weighted by Gasteiger charge is -2.32. The molecule has 1 heterocycles. The van der Waals surface area contributed by atoms with E-state index in [1.807, 2.05) is 51.1 Å². The van der Waals surface area contributed by atoms with Crippen LogP contribution >= 0.6 is 0 Å². The van der Waals surface area contributed by atoms with E-state index in [2.05, 4.69) is 0 Å². The summed E-state index contributed by atoms with van der Waals surface area (Å²) in [4.78, 5) is 25.9. The lowest BCUT2D eigenvalue weighted by atomic mass is 9.95. The van der Waals surface area contributed by atoms with Gasteiger partial charge in [0.2, 0.25) is 0 Å². The van der Waals surface area contributed by atoms with E-state index in [0.29, 0.717) is 19.5 Å². The first-order valence-corrected chi connectivity index (χ1v) is 8.51. The molecule has 0 bridgehead atoms. The van der Waals surface area contributed by atoms with Crippen LogP contribution in [0.25, 0.3) is 0 Å². The molecule has 132 valence electrons. The molecule has 1 atom stereocenters. The Hall–Kier alpha value is -2.04. The molecule has 24 heavy (non-hydrogen) atoms. The Morgan fingerprint density at radius 2 is 1.92 bits per heavy atom. The summed E-state index contributed by atoms with van der Waals surface area (Å²) in [6, 6.07) is 9.61. The molecule has 1 amide bonds. The number of carbonyl (C=O) groups excluding carboxylic acids is 2. The van der Waals surface area contributed by atoms with Gasteiger partial charge in [0.1, 0.15) is 12.2 Å². The molecule has 1 fully saturated rings. The Bertz CT molecular complexity index is 550. The zero-order valence-electron chi connectivity index (χ0n) is 14.8. The molecule has 5 nitrogen and oxygen atoms in total. The zero-order chi connectivity index (χ0) is 17.6. The average Bonchev–Trinajstić information content (AvgIpc) is 2.52. The van der Waals surface area contributed by atoms with E-state index >= 15 is 0 Å². The monoisotopic (exact) mass is 333 g/mol. The predicted octanol–water partition coefficient (Wildman–Crippen LogP) is 3.77. The number of hydrogen-bond donors (Lipinski definition) is 0. The third kappa shape index (κ3) is 6.22. The molecular weight excluding hydrogens is 306 g/mol. The molecular formula is C19H27NO4. The minimum absolute atomic E-state index is 0.137. The van der Waals surface area contributed by atoms with Crippen LogP contribution in [0.1, 0.15) is 45.6 Å². The highest BCUT2D eigenvalue weighted by Gasteiger charge is 2.28. The van der Waals surface area contributed by atoms with Crippen molar-refractivity contribution in [2.75, 3.05) is 13.1 Å². The second kappa shape index (κ2) is 8.18. The SMILES string of the molecule is CC(C)(C)OC(=O)C[C@H]1CCCN(C(=O)OCc2ccccc2)C1. The fourth-order valence-electron chi connectivity index (χ4n) is 2.83. The Kier molecular flexibility index (Phi) is 6.23. The van der Waals surface area contributed by atoms with Gasteiger partial charge in [0.25, 0.3) is 0 Å². The number of piperidine rings is 1. The first-order chi connectivity index (χ1) is 11.3. The summed E-state index contributed by atoms with van der Waals surface area (Å²) in [6.45, 7) is 7.08. The second-order valence-electron chi connectivity index (χ2n) is 7.29. The van der Waals surface area contributed by atoms with Crippen LogP contribution in [0.15, 0.2) is 30.3 Å². The second-order valence-corrected chi connectivity index (χ2v) is 7.29. The summed E-state index contributed by atoms with van der Waals surface area (Å²) in [7, 11) is 0. The number of ether oxygens (including phenoxy) is 2. The van der Waals surface area contributed by atoms with Crippen LogP contribution in [-0.4, -0.2) is 35.7 Å². The first-order valence-electron chi connectivity index (χ1n) is 8.51. The fourth-order valence-corrected chi connectivity index (χ4v) is 2.83. The maximum atomic E-state index is 12.2. The minimum atomic E-state index is -0.472. The van der Waals surface area contributed by atoms with Crippen molar-refractivity contribution in [1.29, 1.82) is 0 Å². The van der Waals surface area contributed by atoms with E-state index in [0.717, 1.165) is 18.4 Å². The normalized spacial score (nSPS) is 18.1. The molecule has 0 aromatic heterocycles. The van der Waals surface area contributed by atoms with Crippen molar-refractivity contribution >= 4 is 12.1 Å². The summed E-state index contributed by atoms with van der Waals surface area (Å²) < 4.78 is 10.7. The highest BCUT2D eigenvalue weighted by Crippen LogP contribution is 2.22. The van der Waals surface area contributed by atoms with Gasteiger partial charge in [-0.1, -0.05) is 30.3 Å². The van der Waals surface area contributed by atoms with Crippen molar-refractivity contribution in [3.05, 3.63) is 35.9 Å². The van der Waals surface area contributed by atoms with Gasteiger partial charge in [-0.15, -0.1) is 0 Å². The van der Waals surface area contributed by atoms with Crippen LogP contribution in [0.3, 0.4) is 0 Å². The number of nitrogens with zero attached hydrogens (tertiary/aromatic N) is 1. The van der Waals surface area contributed by atoms with Crippen LogP contribution in [-0.2, 0) is 20.9 Å². The maximum absolute atomic E-state index is 12.2. The highest BCUT2D eigenvalue weighted by atomic mass is 16.6. The molecule has 1 aromatic carbocycles. The lowest BCUT2D eigenvalue weighted by molar-refractivity contribution is -0.156. The Balaban J connectivity index is 1.79. The molecule has 0 N–H and O–H groups in total. The standard InChI is InChI=1S/C19H27NO4/c1-19(2,3)24-17(21)12-16-10-7-11-20(13-16)18(22)23-14-15-8-5-4-6-9-15/h4-6,8-9,16H,7,10-14H2,1-3H3/t16-/m1/s1. The average molecular weight is 333 g/mol. The molecule has 1 saturated heterocycles. The first kappa shape index (κ1) is 18.3. The van der Waals surface area contributed by atoms with E-state index < -0.39 is 5.60 Å². The number of carbonyl (C=O) groups is 2. The van der Waals surface area contributed by atoms with E-state index in [1.54, 1.807) is 4.90 Å². The molecule has 0 radical (unpaired) electrons. The molecule has 5 heteroatoms. The van der Waals surface area contributed by atoms with Gasteiger partial charge in [0.15, 0.2) is 0 Å². The van der Waals surface area contributed by atoms with Crippen LogP contribution in [0.2, 0.25) is 0 Å². The highest BCUT2D eigenvalue weighted by molar-refractivity contribution is 5.71. The van der Waals surface area contributed by atoms with Crippen LogP contribution in [0, 0.1) is 5.92 Å². The van der Waals surface area contributed by atoms with Crippen LogP contribution in [0.5, 0.6) is 0 Å². The van der Waals surface area contributed by atoms with Gasteiger partial charge in [-0.05, 0) is 45.1 Å². The van der Waals surface area contributed by atoms with E-state index in [1.165, 1.54) is 0 Å². The summed E-state index contributed by atoms with van der Waals surface area (Å²) in [6.07, 6.45) is 1.85. The molecule has 1 aromatic rings. The van der Waals surface area contributed by atoms with Gasteiger partial charge in [0.05, 0.1) is 6.42 Å². The quantitative estimate of drug-likeness (QED) is 0.787. The predicted molar refractivity (Wildman–Crippen MR) is 91.4 cm³/mol. The topological polar surface area (TPSA) is 55.8 Å². The number of hydrogen-bond acceptors (Lipinski definition) is 4. The third-order valence-electron chi connectivity index (χ3n) is 3.86. The minimum Gasteiger partial charge on any atom is -0.460 e. The largest absolute Gasteiger partial charge is 0.460 e. The molecule has 2 rings (SSSR count). The Morgan fingerprint density at radius 1 is 1.21 bits per heavy atom. The van der Waals surface area contributed by atoms with Crippen molar-refractivity contribution < 1.29 is 19.1 Å². The Labute approximate surface area is 143 Å². The molecule has 1 aliphatic heterocycles. The fraction of sp³-hybridized carbons (Fsp3) is 0.579. The number of amides is 1. The number of likely N-dealkylation sites (tertiary alicyclic amines) is 1. The summed E-state index contributed by atoms with van der Waals surface area (Å²) >= 11 is 0. The Morgan fingerprint density at radius 3 is 2.58 bits per heavy atom. The molecule has 0 unspecified atom stereocenters. The van der Waals surface area contributed by atoms with Gasteiger partial charge in [0, 0.05) is 13.1 Å². The van der Waals surface area contributed by atoms with Crippen LogP contribution < -0.4 is 0 Å². The number of benzene rings is 1. The van der Waals surface area contributed by atoms with E-state index in [9.17, 15) is 9.59 Å². The number of rotatable bonds is 4. The number of esters is 1. The van der Waals surface area contributed by atoms with Gasteiger partial charge in [-0.3, -0.25) is 4.79 Å². The van der Waals surface area contributed by atoms with Crippen molar-refractivity contribution in [3.8, 4) is 0 Å². The van der Waals surface area contributed by atoms with Crippen molar-refractivity contribution in [2.45, 2.75) is 52.2 Å². The van der Waals surface area contributed by atoms with Crippen molar-refractivity contribution in [3.63, 3.8) is 0 Å². The third-order valence-corrected chi connectivity index (χ3v) is 3.86. The smallest absolute Gasteiger partial charge is 0.410 e. The van der Waals surface area contributed by atoms with Crippen molar-refractivity contribution in [2.24, 2.45) is 5.92 Å². The molecule has 0 saturated carbocycles. The zero-order valence-corrected chi connectivity index (χ0v) is 14.8. The van der Waals surface area contributed by atoms with E-state index in [4.69, 9.17) is 9.47 Å². The summed E-state index contributed by atoms with van der Waals surface area (Å²) in [5, 5.41) is 0. The molecule has 1 aliphatic rings. The maximum Gasteiger partial charge on any atom is 0.410 e. The summed E-state index contributed by atoms with van der Waals surface area (Å²) in [5.74, 6) is -0.0649. The summed E-state index contributed by atoms with van der Waals surface area (Å²) in [5.41, 5.74) is 0.494. The molecule has 0 spiro atoms. The van der Waals surface area contributed by atoms with Gasteiger partial charge in [-0.25, -0.2) is 4.79 Å². The lowest BCUT2D eigenvalue weighted by Crippen LogP contribution is -2.41. The van der Waals surface area contributed by atoms with Gasteiger partial charge >= 0.3 is 12.1 Å². The van der Waals surface area contributed by atoms with Gasteiger partial charge in [-0.2, -0.15) is 0 Å². The van der Waals surface area contributed by atoms with Gasteiger partial charge < -0.3 is 14.4 Å². The molecule has 0 aliphatic carbocycles. The van der Waals surface area contributed by atoms with Crippen LogP contribution in [0.4, 0.5) is 4.79 Å². The van der Waals surface area contributed by atoms with Crippen molar-refractivity contribution in [1.82, 2.24) is 4.90 Å². The van der Waals surface area contributed by atoms with E-state index in [-0.39, 0.29) is 24.6 Å².